The average molecular weight is 390 g/mol. The molecule has 2 aromatic heterocycles. The van der Waals surface area contributed by atoms with Crippen molar-refractivity contribution in [3.05, 3.63) is 36.0 Å². The van der Waals surface area contributed by atoms with E-state index in [1.54, 1.807) is 0 Å². The second kappa shape index (κ2) is 7.69. The van der Waals surface area contributed by atoms with Gasteiger partial charge in [-0.15, -0.1) is 0 Å². The number of nitrogens with zero attached hydrogens (tertiary/aromatic N) is 6. The number of hydrazone groups is 1. The SMILES string of the molecule is C/C(=N/Nc1nc(N2CCCC2)nc(N2CCCC2)n1)c1c[nH]c2ccccc12. The molecule has 2 saturated heterocycles. The lowest BCUT2D eigenvalue weighted by atomic mass is 10.1. The monoisotopic (exact) mass is 390 g/mol. The minimum atomic E-state index is 0.503. The molecule has 8 nitrogen and oxygen atoms in total. The molecule has 2 aliphatic rings. The van der Waals surface area contributed by atoms with Gasteiger partial charge in [0.2, 0.25) is 17.8 Å². The third kappa shape index (κ3) is 3.62. The summed E-state index contributed by atoms with van der Waals surface area (Å²) >= 11 is 0. The molecule has 0 amide bonds. The van der Waals surface area contributed by atoms with Gasteiger partial charge in [-0.1, -0.05) is 18.2 Å². The number of benzene rings is 1. The number of nitrogens with one attached hydrogen (secondary N) is 2. The Labute approximate surface area is 170 Å². The summed E-state index contributed by atoms with van der Waals surface area (Å²) < 4.78 is 0. The van der Waals surface area contributed by atoms with E-state index in [1.165, 1.54) is 25.7 Å². The first-order valence-corrected chi connectivity index (χ1v) is 10.4. The number of hydrogen-bond acceptors (Lipinski definition) is 7. The summed E-state index contributed by atoms with van der Waals surface area (Å²) in [6.45, 7) is 5.99. The second-order valence-corrected chi connectivity index (χ2v) is 7.70. The Morgan fingerprint density at radius 2 is 1.55 bits per heavy atom. The number of anilines is 3. The minimum absolute atomic E-state index is 0.503. The van der Waals surface area contributed by atoms with Crippen LogP contribution in [0.4, 0.5) is 17.8 Å². The van der Waals surface area contributed by atoms with E-state index in [4.69, 9.17) is 4.98 Å². The van der Waals surface area contributed by atoms with E-state index in [1.807, 2.05) is 25.3 Å². The van der Waals surface area contributed by atoms with Crippen LogP contribution in [0.3, 0.4) is 0 Å². The molecule has 150 valence electrons. The molecule has 8 heteroatoms. The fourth-order valence-corrected chi connectivity index (χ4v) is 4.09. The maximum atomic E-state index is 4.75. The number of hydrogen-bond donors (Lipinski definition) is 2. The number of para-hydroxylation sites is 1. The van der Waals surface area contributed by atoms with E-state index < -0.39 is 0 Å². The average Bonchev–Trinajstić information content (AvgIpc) is 3.53. The number of fused-ring (bicyclic) bond motifs is 1. The number of rotatable bonds is 5. The number of aromatic amines is 1. The molecule has 2 fully saturated rings. The predicted octanol–water partition coefficient (Wildman–Crippen LogP) is 3.39. The molecule has 0 atom stereocenters. The molecule has 0 aliphatic carbocycles. The van der Waals surface area contributed by atoms with Crippen LogP contribution in [0, 0.1) is 0 Å². The van der Waals surface area contributed by atoms with Gasteiger partial charge in [-0.3, -0.25) is 0 Å². The molecule has 0 unspecified atom stereocenters. The number of H-pyrrole nitrogens is 1. The molecule has 0 radical (unpaired) electrons. The van der Waals surface area contributed by atoms with Gasteiger partial charge >= 0.3 is 0 Å². The second-order valence-electron chi connectivity index (χ2n) is 7.70. The van der Waals surface area contributed by atoms with Crippen molar-refractivity contribution in [2.24, 2.45) is 5.10 Å². The molecule has 2 N–H and O–H groups in total. The van der Waals surface area contributed by atoms with Crippen molar-refractivity contribution < 1.29 is 0 Å². The first-order valence-electron chi connectivity index (χ1n) is 10.4. The van der Waals surface area contributed by atoms with Crippen molar-refractivity contribution in [3.63, 3.8) is 0 Å². The van der Waals surface area contributed by atoms with Crippen LogP contribution in [0.25, 0.3) is 10.9 Å². The first-order chi connectivity index (χ1) is 14.3. The summed E-state index contributed by atoms with van der Waals surface area (Å²) in [7, 11) is 0. The van der Waals surface area contributed by atoms with Gasteiger partial charge in [-0.2, -0.15) is 20.1 Å². The van der Waals surface area contributed by atoms with Gasteiger partial charge in [0.15, 0.2) is 0 Å². The summed E-state index contributed by atoms with van der Waals surface area (Å²) in [5.74, 6) is 2.01. The summed E-state index contributed by atoms with van der Waals surface area (Å²) in [5, 5.41) is 5.73. The number of aromatic nitrogens is 4. The fourth-order valence-electron chi connectivity index (χ4n) is 4.09. The Kier molecular flexibility index (Phi) is 4.75. The highest BCUT2D eigenvalue weighted by Gasteiger charge is 2.21. The lowest BCUT2D eigenvalue weighted by Crippen LogP contribution is -2.25. The first kappa shape index (κ1) is 17.9. The molecule has 5 rings (SSSR count). The molecule has 4 heterocycles. The van der Waals surface area contributed by atoms with Crippen molar-refractivity contribution in [2.45, 2.75) is 32.6 Å². The van der Waals surface area contributed by atoms with Gasteiger partial charge in [-0.05, 0) is 38.7 Å². The van der Waals surface area contributed by atoms with Gasteiger partial charge in [0.25, 0.3) is 0 Å². The Morgan fingerprint density at radius 1 is 0.931 bits per heavy atom. The van der Waals surface area contributed by atoms with Crippen LogP contribution in [0.5, 0.6) is 0 Å². The van der Waals surface area contributed by atoms with Crippen molar-refractivity contribution in [3.8, 4) is 0 Å². The Balaban J connectivity index is 1.44. The van der Waals surface area contributed by atoms with Crippen LogP contribution in [0.1, 0.15) is 38.2 Å². The van der Waals surface area contributed by atoms with Gasteiger partial charge in [-0.25, -0.2) is 5.43 Å². The van der Waals surface area contributed by atoms with Gasteiger partial charge in [0.1, 0.15) is 0 Å². The predicted molar refractivity (Wildman–Crippen MR) is 117 cm³/mol. The molecule has 2 aliphatic heterocycles. The largest absolute Gasteiger partial charge is 0.360 e. The van der Waals surface area contributed by atoms with Gasteiger partial charge in [0.05, 0.1) is 5.71 Å². The third-order valence-corrected chi connectivity index (χ3v) is 5.69. The Bertz CT molecular complexity index is 994. The Morgan fingerprint density at radius 3 is 2.21 bits per heavy atom. The van der Waals surface area contributed by atoms with E-state index in [0.717, 1.165) is 60.3 Å². The van der Waals surface area contributed by atoms with Gasteiger partial charge in [0, 0.05) is 48.8 Å². The third-order valence-electron chi connectivity index (χ3n) is 5.69. The van der Waals surface area contributed by atoms with E-state index in [9.17, 15) is 0 Å². The summed E-state index contributed by atoms with van der Waals surface area (Å²) in [6.07, 6.45) is 6.73. The zero-order valence-corrected chi connectivity index (χ0v) is 16.7. The minimum Gasteiger partial charge on any atom is -0.360 e. The topological polar surface area (TPSA) is 85.3 Å². The van der Waals surface area contributed by atoms with Crippen LogP contribution >= 0.6 is 0 Å². The normalized spacial score (nSPS) is 17.5. The van der Waals surface area contributed by atoms with Crippen molar-refractivity contribution in [2.75, 3.05) is 41.4 Å². The maximum absolute atomic E-state index is 4.75. The highest BCUT2D eigenvalue weighted by atomic mass is 15.4. The van der Waals surface area contributed by atoms with Gasteiger partial charge < -0.3 is 14.8 Å². The van der Waals surface area contributed by atoms with E-state index in [-0.39, 0.29) is 0 Å². The highest BCUT2D eigenvalue weighted by Crippen LogP contribution is 2.23. The lowest BCUT2D eigenvalue weighted by molar-refractivity contribution is 0.838. The van der Waals surface area contributed by atoms with Crippen molar-refractivity contribution >= 4 is 34.5 Å². The zero-order chi connectivity index (χ0) is 19.6. The molecular formula is C21H26N8. The van der Waals surface area contributed by atoms with Crippen LogP contribution in [0.2, 0.25) is 0 Å². The standard InChI is InChI=1S/C21H26N8/c1-15(17-14-22-18-9-3-2-8-16(17)18)26-27-19-23-20(28-10-4-5-11-28)25-21(24-19)29-12-6-7-13-29/h2-3,8-9,14,22H,4-7,10-13H2,1H3,(H,23,24,25,27)/b26-15-. The van der Waals surface area contributed by atoms with Crippen LogP contribution in [0.15, 0.2) is 35.6 Å². The van der Waals surface area contributed by atoms with Crippen molar-refractivity contribution in [1.82, 2.24) is 19.9 Å². The summed E-state index contributed by atoms with van der Waals surface area (Å²) in [6, 6.07) is 8.23. The fraction of sp³-hybridized carbons (Fsp3) is 0.429. The van der Waals surface area contributed by atoms with E-state index in [0.29, 0.717) is 5.95 Å². The molecule has 1 aromatic carbocycles. The quantitative estimate of drug-likeness (QED) is 0.513. The lowest BCUT2D eigenvalue weighted by Gasteiger charge is -2.20. The molecule has 29 heavy (non-hydrogen) atoms. The molecule has 3 aromatic rings. The van der Waals surface area contributed by atoms with Crippen LogP contribution in [-0.2, 0) is 0 Å². The molecule has 0 spiro atoms. The molecule has 0 saturated carbocycles. The molecular weight excluding hydrogens is 364 g/mol. The van der Waals surface area contributed by atoms with Crippen molar-refractivity contribution in [1.29, 1.82) is 0 Å². The van der Waals surface area contributed by atoms with E-state index in [2.05, 4.69) is 47.4 Å². The Hall–Kier alpha value is -3.16. The summed E-state index contributed by atoms with van der Waals surface area (Å²) in [4.78, 5) is 21.8. The van der Waals surface area contributed by atoms with Crippen LogP contribution in [-0.4, -0.2) is 51.8 Å². The maximum Gasteiger partial charge on any atom is 0.250 e. The zero-order valence-electron chi connectivity index (χ0n) is 16.7. The molecule has 0 bridgehead atoms. The smallest absolute Gasteiger partial charge is 0.250 e. The van der Waals surface area contributed by atoms with Crippen LogP contribution < -0.4 is 15.2 Å². The highest BCUT2D eigenvalue weighted by molar-refractivity contribution is 6.09. The van der Waals surface area contributed by atoms with E-state index >= 15 is 0 Å². The summed E-state index contributed by atoms with van der Waals surface area (Å²) in [5.41, 5.74) is 6.14.